The van der Waals surface area contributed by atoms with E-state index >= 15 is 0 Å². The number of aliphatic hydroxyl groups is 1. The molecule has 0 radical (unpaired) electrons. The van der Waals surface area contributed by atoms with E-state index in [4.69, 9.17) is 14.6 Å². The van der Waals surface area contributed by atoms with E-state index < -0.39 is 5.79 Å². The van der Waals surface area contributed by atoms with Crippen molar-refractivity contribution in [3.8, 4) is 0 Å². The summed E-state index contributed by atoms with van der Waals surface area (Å²) in [7, 11) is 0. The molecule has 18 heavy (non-hydrogen) atoms. The summed E-state index contributed by atoms with van der Waals surface area (Å²) in [4.78, 5) is 0. The van der Waals surface area contributed by atoms with Crippen molar-refractivity contribution >= 4 is 11.8 Å². The standard InChI is InChI=1S/C14H20O3S/c1-14(12-6-3-2-4-7-12)16-10-13(17-14)11-18-9-5-8-15/h2-4,6-7,13,15H,5,8-11H2,1H3. The van der Waals surface area contributed by atoms with Crippen LogP contribution in [-0.2, 0) is 15.3 Å². The van der Waals surface area contributed by atoms with E-state index in [0.29, 0.717) is 6.61 Å². The largest absolute Gasteiger partial charge is 0.396 e. The molecule has 0 saturated carbocycles. The molecule has 1 aromatic rings. The molecular formula is C14H20O3S. The van der Waals surface area contributed by atoms with Crippen molar-refractivity contribution in [2.75, 3.05) is 24.7 Å². The number of aliphatic hydroxyl groups excluding tert-OH is 1. The molecule has 2 rings (SSSR count). The number of thioether (sulfide) groups is 1. The predicted octanol–water partition coefficient (Wildman–Crippen LogP) is 2.39. The third-order valence-corrected chi connectivity index (χ3v) is 4.17. The molecule has 1 heterocycles. The smallest absolute Gasteiger partial charge is 0.192 e. The van der Waals surface area contributed by atoms with Crippen molar-refractivity contribution in [3.05, 3.63) is 35.9 Å². The second kappa shape index (κ2) is 6.57. The first-order valence-corrected chi connectivity index (χ1v) is 7.46. The first kappa shape index (κ1) is 13.9. The van der Waals surface area contributed by atoms with Crippen LogP contribution in [0.3, 0.4) is 0 Å². The third-order valence-electron chi connectivity index (χ3n) is 2.98. The maximum absolute atomic E-state index is 8.72. The normalized spacial score (nSPS) is 27.6. The highest BCUT2D eigenvalue weighted by atomic mass is 32.2. The van der Waals surface area contributed by atoms with Gasteiger partial charge in [-0.3, -0.25) is 0 Å². The number of hydrogen-bond donors (Lipinski definition) is 1. The van der Waals surface area contributed by atoms with Crippen molar-refractivity contribution in [1.29, 1.82) is 0 Å². The summed E-state index contributed by atoms with van der Waals surface area (Å²) < 4.78 is 11.8. The van der Waals surface area contributed by atoms with Crippen LogP contribution in [-0.4, -0.2) is 35.9 Å². The van der Waals surface area contributed by atoms with E-state index in [0.717, 1.165) is 23.5 Å². The maximum Gasteiger partial charge on any atom is 0.192 e. The van der Waals surface area contributed by atoms with Crippen molar-refractivity contribution < 1.29 is 14.6 Å². The van der Waals surface area contributed by atoms with Gasteiger partial charge in [-0.15, -0.1) is 0 Å². The zero-order chi connectivity index (χ0) is 12.8. The molecule has 1 saturated heterocycles. The number of rotatable bonds is 6. The average molecular weight is 268 g/mol. The highest BCUT2D eigenvalue weighted by molar-refractivity contribution is 7.99. The van der Waals surface area contributed by atoms with Crippen LogP contribution in [0.4, 0.5) is 0 Å². The van der Waals surface area contributed by atoms with Crippen LogP contribution < -0.4 is 0 Å². The molecule has 4 heteroatoms. The molecule has 1 N–H and O–H groups in total. The fraction of sp³-hybridized carbons (Fsp3) is 0.571. The summed E-state index contributed by atoms with van der Waals surface area (Å²) in [6.07, 6.45) is 0.979. The van der Waals surface area contributed by atoms with Gasteiger partial charge in [0, 0.05) is 17.9 Å². The minimum atomic E-state index is -0.608. The second-order valence-corrected chi connectivity index (χ2v) is 5.66. The number of hydrogen-bond acceptors (Lipinski definition) is 4. The average Bonchev–Trinajstić information content (AvgIpc) is 2.79. The summed E-state index contributed by atoms with van der Waals surface area (Å²) in [6, 6.07) is 10.0. The number of ether oxygens (including phenoxy) is 2. The Kier molecular flexibility index (Phi) is 5.06. The van der Waals surface area contributed by atoms with Crippen molar-refractivity contribution in [1.82, 2.24) is 0 Å². The Morgan fingerprint density at radius 1 is 1.39 bits per heavy atom. The van der Waals surface area contributed by atoms with E-state index in [2.05, 4.69) is 0 Å². The molecule has 0 spiro atoms. The molecule has 2 atom stereocenters. The Balaban J connectivity index is 1.84. The van der Waals surface area contributed by atoms with Gasteiger partial charge in [0.15, 0.2) is 5.79 Å². The predicted molar refractivity (Wildman–Crippen MR) is 73.6 cm³/mol. The van der Waals surface area contributed by atoms with Crippen LogP contribution in [0.5, 0.6) is 0 Å². The van der Waals surface area contributed by atoms with E-state index in [1.54, 1.807) is 11.8 Å². The lowest BCUT2D eigenvalue weighted by Crippen LogP contribution is -2.24. The third kappa shape index (κ3) is 3.48. The Bertz CT molecular complexity index is 357. The van der Waals surface area contributed by atoms with Crippen LogP contribution in [0.2, 0.25) is 0 Å². The first-order valence-electron chi connectivity index (χ1n) is 6.30. The van der Waals surface area contributed by atoms with E-state index in [-0.39, 0.29) is 12.7 Å². The second-order valence-electron chi connectivity index (χ2n) is 4.51. The van der Waals surface area contributed by atoms with Crippen LogP contribution in [0.15, 0.2) is 30.3 Å². The van der Waals surface area contributed by atoms with Crippen LogP contribution in [0, 0.1) is 0 Å². The fourth-order valence-electron chi connectivity index (χ4n) is 1.99. The molecule has 1 aromatic carbocycles. The number of benzene rings is 1. The topological polar surface area (TPSA) is 38.7 Å². The summed E-state index contributed by atoms with van der Waals surface area (Å²) in [5, 5.41) is 8.72. The molecule has 1 aliphatic heterocycles. The molecule has 1 aliphatic rings. The van der Waals surface area contributed by atoms with Gasteiger partial charge >= 0.3 is 0 Å². The van der Waals surface area contributed by atoms with Crippen LogP contribution >= 0.6 is 11.8 Å². The molecule has 0 bridgehead atoms. The lowest BCUT2D eigenvalue weighted by molar-refractivity contribution is -0.159. The van der Waals surface area contributed by atoms with Gasteiger partial charge in [-0.25, -0.2) is 0 Å². The van der Waals surface area contributed by atoms with E-state index in [1.807, 2.05) is 37.3 Å². The van der Waals surface area contributed by atoms with Crippen molar-refractivity contribution in [2.45, 2.75) is 25.2 Å². The van der Waals surface area contributed by atoms with Gasteiger partial charge in [0.2, 0.25) is 0 Å². The van der Waals surface area contributed by atoms with Crippen molar-refractivity contribution in [3.63, 3.8) is 0 Å². The minimum absolute atomic E-state index is 0.138. The van der Waals surface area contributed by atoms with Gasteiger partial charge in [0.25, 0.3) is 0 Å². The van der Waals surface area contributed by atoms with Crippen LogP contribution in [0.25, 0.3) is 0 Å². The lowest BCUT2D eigenvalue weighted by Gasteiger charge is -2.23. The lowest BCUT2D eigenvalue weighted by atomic mass is 10.1. The highest BCUT2D eigenvalue weighted by Crippen LogP contribution is 2.34. The Morgan fingerprint density at radius 2 is 2.17 bits per heavy atom. The Morgan fingerprint density at radius 3 is 2.89 bits per heavy atom. The van der Waals surface area contributed by atoms with E-state index in [9.17, 15) is 0 Å². The molecule has 1 fully saturated rings. The van der Waals surface area contributed by atoms with Gasteiger partial charge in [0.1, 0.15) is 0 Å². The first-order chi connectivity index (χ1) is 8.74. The summed E-state index contributed by atoms with van der Waals surface area (Å²) in [5.74, 6) is 1.28. The fourth-order valence-corrected chi connectivity index (χ4v) is 2.92. The summed E-state index contributed by atoms with van der Waals surface area (Å²) in [5.41, 5.74) is 1.06. The zero-order valence-electron chi connectivity index (χ0n) is 10.7. The van der Waals surface area contributed by atoms with Gasteiger partial charge < -0.3 is 14.6 Å². The monoisotopic (exact) mass is 268 g/mol. The molecule has 0 aliphatic carbocycles. The zero-order valence-corrected chi connectivity index (χ0v) is 11.5. The summed E-state index contributed by atoms with van der Waals surface area (Å²) in [6.45, 7) is 2.87. The molecular weight excluding hydrogens is 248 g/mol. The van der Waals surface area contributed by atoms with Gasteiger partial charge in [-0.2, -0.15) is 11.8 Å². The maximum atomic E-state index is 8.72. The van der Waals surface area contributed by atoms with Crippen molar-refractivity contribution in [2.24, 2.45) is 0 Å². The van der Waals surface area contributed by atoms with Crippen LogP contribution in [0.1, 0.15) is 18.9 Å². The highest BCUT2D eigenvalue weighted by Gasteiger charge is 2.38. The molecule has 2 unspecified atom stereocenters. The molecule has 0 amide bonds. The van der Waals surface area contributed by atoms with Gasteiger partial charge in [-0.05, 0) is 19.1 Å². The van der Waals surface area contributed by atoms with E-state index in [1.165, 1.54) is 0 Å². The molecule has 3 nitrogen and oxygen atoms in total. The summed E-state index contributed by atoms with van der Waals surface area (Å²) >= 11 is 1.81. The molecule has 100 valence electrons. The quantitative estimate of drug-likeness (QED) is 0.804. The molecule has 0 aromatic heterocycles. The minimum Gasteiger partial charge on any atom is -0.396 e. The SMILES string of the molecule is CC1(c2ccccc2)OCC(CSCCCO)O1. The van der Waals surface area contributed by atoms with Gasteiger partial charge in [-0.1, -0.05) is 30.3 Å². The van der Waals surface area contributed by atoms with Gasteiger partial charge in [0.05, 0.1) is 12.7 Å². The Hall–Kier alpha value is -0.550. The Labute approximate surface area is 112 Å².